The molecule has 0 bridgehead atoms. The molecule has 1 atom stereocenters. The number of carbonyl (C=O) groups excluding carboxylic acids is 3. The molecule has 0 saturated carbocycles. The summed E-state index contributed by atoms with van der Waals surface area (Å²) in [7, 11) is 0. The van der Waals surface area contributed by atoms with Crippen LogP contribution in [0.25, 0.3) is 0 Å². The fraction of sp³-hybridized carbons (Fsp3) is 0.571. The van der Waals surface area contributed by atoms with Crippen molar-refractivity contribution in [2.75, 3.05) is 0 Å². The van der Waals surface area contributed by atoms with E-state index in [1.165, 1.54) is 6.92 Å². The van der Waals surface area contributed by atoms with Gasteiger partial charge in [0.1, 0.15) is 5.78 Å². The van der Waals surface area contributed by atoms with Crippen molar-refractivity contribution in [1.29, 1.82) is 0 Å². The van der Waals surface area contributed by atoms with E-state index in [1.54, 1.807) is 0 Å². The Morgan fingerprint density at radius 2 is 1.91 bits per heavy atom. The van der Waals surface area contributed by atoms with Crippen molar-refractivity contribution >= 4 is 17.9 Å². The normalized spacial score (nSPS) is 15.2. The first kappa shape index (κ1) is 9.97. The lowest BCUT2D eigenvalue weighted by Crippen LogP contribution is -2.40. The third-order valence-corrected chi connectivity index (χ3v) is 1.32. The van der Waals surface area contributed by atoms with Crippen LogP contribution in [0.4, 0.5) is 0 Å². The summed E-state index contributed by atoms with van der Waals surface area (Å²) < 4.78 is 0. The molecule has 0 fully saturated rings. The summed E-state index contributed by atoms with van der Waals surface area (Å²) in [6.45, 7) is 2.27. The average molecular weight is 158 g/mol. The highest BCUT2D eigenvalue weighted by molar-refractivity contribution is 6.03. The van der Waals surface area contributed by atoms with Crippen molar-refractivity contribution < 1.29 is 19.5 Å². The minimum absolute atomic E-state index is 0.0940. The van der Waals surface area contributed by atoms with Gasteiger partial charge in [-0.15, -0.1) is 0 Å². The third-order valence-electron chi connectivity index (χ3n) is 1.32. The maximum absolute atomic E-state index is 10.6. The van der Waals surface area contributed by atoms with Crippen molar-refractivity contribution in [3.05, 3.63) is 0 Å². The Hall–Kier alpha value is -1.03. The van der Waals surface area contributed by atoms with Crippen LogP contribution in [-0.4, -0.2) is 28.6 Å². The van der Waals surface area contributed by atoms with E-state index in [1.807, 2.05) is 0 Å². The lowest BCUT2D eigenvalue weighted by molar-refractivity contribution is -0.146. The van der Waals surface area contributed by atoms with Crippen LogP contribution in [-0.2, 0) is 14.4 Å². The standard InChI is InChI=1S/C7H10O4/c1-5(9)3-7(11,4-8)6(2)10/h4,11H,3H2,1-2H3/t7-/m1/s1. The smallest absolute Gasteiger partial charge is 0.184 e. The Morgan fingerprint density at radius 1 is 1.45 bits per heavy atom. The van der Waals surface area contributed by atoms with Gasteiger partial charge in [0.05, 0.1) is 0 Å². The summed E-state index contributed by atoms with van der Waals surface area (Å²) in [6.07, 6.45) is -0.345. The summed E-state index contributed by atoms with van der Waals surface area (Å²) >= 11 is 0. The van der Waals surface area contributed by atoms with Gasteiger partial charge in [0.2, 0.25) is 0 Å². The van der Waals surface area contributed by atoms with Gasteiger partial charge in [0.25, 0.3) is 0 Å². The molecule has 11 heavy (non-hydrogen) atoms. The molecule has 0 heterocycles. The Bertz CT molecular complexity index is 197. The van der Waals surface area contributed by atoms with E-state index in [4.69, 9.17) is 5.11 Å². The minimum Gasteiger partial charge on any atom is -0.374 e. The van der Waals surface area contributed by atoms with E-state index >= 15 is 0 Å². The van der Waals surface area contributed by atoms with Crippen LogP contribution in [0.2, 0.25) is 0 Å². The first-order valence-electron chi connectivity index (χ1n) is 3.11. The molecule has 0 aromatic rings. The molecule has 0 aromatic heterocycles. The molecule has 1 N–H and O–H groups in total. The molecule has 0 radical (unpaired) electrons. The van der Waals surface area contributed by atoms with Crippen molar-refractivity contribution in [1.82, 2.24) is 0 Å². The van der Waals surface area contributed by atoms with Crippen LogP contribution in [0.15, 0.2) is 0 Å². The summed E-state index contributed by atoms with van der Waals surface area (Å²) in [5, 5.41) is 9.13. The van der Waals surface area contributed by atoms with Crippen molar-refractivity contribution in [3.8, 4) is 0 Å². The molecule has 0 aromatic carbocycles. The number of ketones is 2. The Morgan fingerprint density at radius 3 is 2.00 bits per heavy atom. The second-order valence-electron chi connectivity index (χ2n) is 2.48. The third kappa shape index (κ3) is 2.59. The molecule has 0 aliphatic rings. The second kappa shape index (κ2) is 3.39. The van der Waals surface area contributed by atoms with Crippen LogP contribution in [0.3, 0.4) is 0 Å². The Labute approximate surface area is 64.2 Å². The largest absolute Gasteiger partial charge is 0.374 e. The maximum Gasteiger partial charge on any atom is 0.184 e. The molecular weight excluding hydrogens is 148 g/mol. The highest BCUT2D eigenvalue weighted by Gasteiger charge is 2.33. The van der Waals surface area contributed by atoms with Crippen LogP contribution in [0, 0.1) is 0 Å². The molecule has 0 aliphatic carbocycles. The summed E-state index contributed by atoms with van der Waals surface area (Å²) in [5.41, 5.74) is -2.11. The highest BCUT2D eigenvalue weighted by Crippen LogP contribution is 2.08. The Balaban J connectivity index is 4.47. The Kier molecular flexibility index (Phi) is 3.07. The molecule has 0 aliphatic heterocycles. The zero-order chi connectivity index (χ0) is 9.07. The van der Waals surface area contributed by atoms with Gasteiger partial charge >= 0.3 is 0 Å². The zero-order valence-electron chi connectivity index (χ0n) is 6.46. The monoisotopic (exact) mass is 158 g/mol. The van der Waals surface area contributed by atoms with E-state index in [9.17, 15) is 14.4 Å². The summed E-state index contributed by atoms with van der Waals surface area (Å²) in [6, 6.07) is 0. The predicted octanol–water partition coefficient (Wildman–Crippen LogP) is -0.516. The van der Waals surface area contributed by atoms with Crippen molar-refractivity contribution in [3.63, 3.8) is 0 Å². The van der Waals surface area contributed by atoms with Gasteiger partial charge in [0, 0.05) is 6.42 Å². The number of hydrogen-bond donors (Lipinski definition) is 1. The lowest BCUT2D eigenvalue weighted by Gasteiger charge is -2.15. The van der Waals surface area contributed by atoms with Crippen LogP contribution >= 0.6 is 0 Å². The number of Topliss-reactive ketones (excluding diaryl/α,β-unsaturated/α-hetero) is 2. The van der Waals surface area contributed by atoms with Crippen LogP contribution in [0.5, 0.6) is 0 Å². The van der Waals surface area contributed by atoms with E-state index in [0.29, 0.717) is 0 Å². The van der Waals surface area contributed by atoms with Crippen molar-refractivity contribution in [2.45, 2.75) is 25.9 Å². The molecular formula is C7H10O4. The van der Waals surface area contributed by atoms with E-state index in [2.05, 4.69) is 0 Å². The first-order valence-corrected chi connectivity index (χ1v) is 3.11. The number of rotatable bonds is 4. The molecule has 62 valence electrons. The second-order valence-corrected chi connectivity index (χ2v) is 2.48. The lowest BCUT2D eigenvalue weighted by atomic mass is 9.95. The molecule has 0 saturated heterocycles. The van der Waals surface area contributed by atoms with Gasteiger partial charge in [-0.3, -0.25) is 14.4 Å². The SMILES string of the molecule is CC(=O)C[C@@](O)(C=O)C(C)=O. The quantitative estimate of drug-likeness (QED) is 0.441. The molecule has 0 rings (SSSR count). The molecule has 4 heteroatoms. The van der Waals surface area contributed by atoms with Crippen LogP contribution < -0.4 is 0 Å². The fourth-order valence-electron chi connectivity index (χ4n) is 0.629. The van der Waals surface area contributed by atoms with E-state index in [0.717, 1.165) is 6.92 Å². The average Bonchev–Trinajstić information content (AvgIpc) is 1.86. The minimum atomic E-state index is -2.11. The molecule has 0 amide bonds. The first-order chi connectivity index (χ1) is 4.92. The van der Waals surface area contributed by atoms with Gasteiger partial charge in [-0.05, 0) is 13.8 Å². The number of carbonyl (C=O) groups is 3. The van der Waals surface area contributed by atoms with Crippen LogP contribution in [0.1, 0.15) is 20.3 Å². The summed E-state index contributed by atoms with van der Waals surface area (Å²) in [5.74, 6) is -1.10. The number of hydrogen-bond acceptors (Lipinski definition) is 4. The van der Waals surface area contributed by atoms with Gasteiger partial charge in [-0.2, -0.15) is 0 Å². The summed E-state index contributed by atoms with van der Waals surface area (Å²) in [4.78, 5) is 31.2. The van der Waals surface area contributed by atoms with Gasteiger partial charge < -0.3 is 5.11 Å². The predicted molar refractivity (Wildman–Crippen MR) is 37.0 cm³/mol. The fourth-order valence-corrected chi connectivity index (χ4v) is 0.629. The molecule has 0 spiro atoms. The van der Waals surface area contributed by atoms with E-state index in [-0.39, 0.29) is 6.29 Å². The maximum atomic E-state index is 10.6. The van der Waals surface area contributed by atoms with Gasteiger partial charge in [-0.25, -0.2) is 0 Å². The van der Waals surface area contributed by atoms with Gasteiger partial charge in [0.15, 0.2) is 17.7 Å². The number of aliphatic hydroxyl groups is 1. The van der Waals surface area contributed by atoms with Crippen molar-refractivity contribution in [2.24, 2.45) is 0 Å². The highest BCUT2D eigenvalue weighted by atomic mass is 16.3. The molecule has 4 nitrogen and oxygen atoms in total. The van der Waals surface area contributed by atoms with Gasteiger partial charge in [-0.1, -0.05) is 0 Å². The zero-order valence-corrected chi connectivity index (χ0v) is 6.46. The molecule has 0 unspecified atom stereocenters. The van der Waals surface area contributed by atoms with E-state index < -0.39 is 23.6 Å². The number of aldehydes is 1. The topological polar surface area (TPSA) is 71.4 Å².